The number of aryl methyl sites for hydroxylation is 1. The van der Waals surface area contributed by atoms with Crippen LogP contribution in [0.5, 0.6) is 0 Å². The fraction of sp³-hybridized carbons (Fsp3) is 0.267. The summed E-state index contributed by atoms with van der Waals surface area (Å²) >= 11 is 2.83. The Balaban J connectivity index is 1.53. The number of amides is 1. The summed E-state index contributed by atoms with van der Waals surface area (Å²) in [5.41, 5.74) is 0.764. The van der Waals surface area contributed by atoms with Crippen LogP contribution in [0.25, 0.3) is 11.5 Å². The topological polar surface area (TPSA) is 81.2 Å². The van der Waals surface area contributed by atoms with Crippen molar-refractivity contribution in [3.8, 4) is 11.5 Å². The summed E-state index contributed by atoms with van der Waals surface area (Å²) in [6, 6.07) is 5.73. The Labute approximate surface area is 141 Å². The van der Waals surface area contributed by atoms with Gasteiger partial charge in [0, 0.05) is 4.88 Å². The van der Waals surface area contributed by atoms with E-state index in [1.807, 2.05) is 31.4 Å². The van der Waals surface area contributed by atoms with Crippen molar-refractivity contribution >= 4 is 29.0 Å². The third kappa shape index (κ3) is 3.83. The molecule has 0 spiro atoms. The van der Waals surface area contributed by atoms with Gasteiger partial charge in [0.2, 0.25) is 5.91 Å². The summed E-state index contributed by atoms with van der Waals surface area (Å²) < 4.78 is 10.7. The molecule has 0 aliphatic carbocycles. The van der Waals surface area contributed by atoms with Crippen molar-refractivity contribution in [1.29, 1.82) is 0 Å². The molecule has 1 atom stereocenters. The van der Waals surface area contributed by atoms with E-state index in [0.717, 1.165) is 10.4 Å². The highest BCUT2D eigenvalue weighted by atomic mass is 32.2. The Kier molecular flexibility index (Phi) is 4.82. The normalized spacial score (nSPS) is 12.3. The zero-order chi connectivity index (χ0) is 16.2. The summed E-state index contributed by atoms with van der Waals surface area (Å²) in [5.74, 6) is 1.26. The second-order valence-corrected chi connectivity index (χ2v) is 6.76. The molecule has 0 fully saturated rings. The van der Waals surface area contributed by atoms with Crippen molar-refractivity contribution in [2.45, 2.75) is 25.1 Å². The molecule has 0 aliphatic rings. The number of thioether (sulfide) groups is 1. The van der Waals surface area contributed by atoms with E-state index < -0.39 is 0 Å². The van der Waals surface area contributed by atoms with Crippen LogP contribution in [0.3, 0.4) is 0 Å². The zero-order valence-corrected chi connectivity index (χ0v) is 14.2. The minimum absolute atomic E-state index is 0.00470. The van der Waals surface area contributed by atoms with Crippen molar-refractivity contribution in [3.05, 3.63) is 40.5 Å². The molecule has 3 heterocycles. The number of nitrogens with one attached hydrogen (secondary N) is 1. The van der Waals surface area contributed by atoms with E-state index in [1.165, 1.54) is 11.8 Å². The molecule has 23 heavy (non-hydrogen) atoms. The average molecular weight is 349 g/mol. The SMILES string of the molecule is Cc1occc1-c1nnc(SCC(=O)N[C@@H](C)c2cccs2)o1. The molecule has 0 radical (unpaired) electrons. The lowest BCUT2D eigenvalue weighted by Crippen LogP contribution is -2.27. The number of furan rings is 1. The van der Waals surface area contributed by atoms with E-state index in [1.54, 1.807) is 23.7 Å². The Hall–Kier alpha value is -2.06. The molecule has 3 aromatic rings. The predicted octanol–water partition coefficient (Wildman–Crippen LogP) is 3.67. The third-order valence-corrected chi connectivity index (χ3v) is 5.04. The standard InChI is InChI=1S/C15H15N3O3S2/c1-9(12-4-3-7-22-12)16-13(19)8-23-15-18-17-14(21-15)11-5-6-20-10(11)2/h3-7,9H,8H2,1-2H3,(H,16,19)/t9-/m0/s1. The van der Waals surface area contributed by atoms with E-state index in [9.17, 15) is 4.79 Å². The van der Waals surface area contributed by atoms with Gasteiger partial charge in [-0.15, -0.1) is 21.5 Å². The maximum atomic E-state index is 12.0. The zero-order valence-electron chi connectivity index (χ0n) is 12.6. The van der Waals surface area contributed by atoms with Gasteiger partial charge in [0.05, 0.1) is 23.6 Å². The van der Waals surface area contributed by atoms with E-state index in [-0.39, 0.29) is 17.7 Å². The number of hydrogen-bond donors (Lipinski definition) is 1. The van der Waals surface area contributed by atoms with Gasteiger partial charge in [0.1, 0.15) is 5.76 Å². The smallest absolute Gasteiger partial charge is 0.277 e. The molecule has 3 rings (SSSR count). The summed E-state index contributed by atoms with van der Waals surface area (Å²) in [6.07, 6.45) is 1.57. The third-order valence-electron chi connectivity index (χ3n) is 3.17. The monoisotopic (exact) mass is 349 g/mol. The number of carbonyl (C=O) groups is 1. The van der Waals surface area contributed by atoms with Crippen LogP contribution in [0.2, 0.25) is 0 Å². The molecule has 6 nitrogen and oxygen atoms in total. The number of carbonyl (C=O) groups excluding carboxylic acids is 1. The lowest BCUT2D eigenvalue weighted by molar-refractivity contribution is -0.119. The van der Waals surface area contributed by atoms with Gasteiger partial charge < -0.3 is 14.2 Å². The average Bonchev–Trinajstić information content (AvgIpc) is 3.26. The van der Waals surface area contributed by atoms with Gasteiger partial charge in [-0.05, 0) is 31.4 Å². The summed E-state index contributed by atoms with van der Waals surface area (Å²) in [7, 11) is 0. The van der Waals surface area contributed by atoms with Crippen molar-refractivity contribution < 1.29 is 13.6 Å². The first-order valence-electron chi connectivity index (χ1n) is 6.97. The molecule has 8 heteroatoms. The van der Waals surface area contributed by atoms with Crippen LogP contribution >= 0.6 is 23.1 Å². The number of nitrogens with zero attached hydrogens (tertiary/aromatic N) is 2. The first-order chi connectivity index (χ1) is 11.1. The Morgan fingerprint density at radius 3 is 3.00 bits per heavy atom. The predicted molar refractivity (Wildman–Crippen MR) is 88.3 cm³/mol. The first kappa shape index (κ1) is 15.8. The Morgan fingerprint density at radius 2 is 2.30 bits per heavy atom. The van der Waals surface area contributed by atoms with Gasteiger partial charge in [0.25, 0.3) is 11.1 Å². The number of aromatic nitrogens is 2. The highest BCUT2D eigenvalue weighted by Crippen LogP contribution is 2.26. The second-order valence-electron chi connectivity index (χ2n) is 4.86. The molecule has 0 unspecified atom stereocenters. The lowest BCUT2D eigenvalue weighted by atomic mass is 10.3. The highest BCUT2D eigenvalue weighted by Gasteiger charge is 2.15. The molecular formula is C15H15N3O3S2. The van der Waals surface area contributed by atoms with Crippen molar-refractivity contribution in [2.24, 2.45) is 0 Å². The fourth-order valence-electron chi connectivity index (χ4n) is 2.00. The second kappa shape index (κ2) is 7.01. The van der Waals surface area contributed by atoms with Crippen LogP contribution in [0.4, 0.5) is 0 Å². The number of rotatable bonds is 6. The number of thiophene rings is 1. The van der Waals surface area contributed by atoms with Crippen LogP contribution in [0.15, 0.2) is 43.9 Å². The fourth-order valence-corrected chi connectivity index (χ4v) is 3.31. The first-order valence-corrected chi connectivity index (χ1v) is 8.83. The maximum absolute atomic E-state index is 12.0. The molecule has 1 N–H and O–H groups in total. The Bertz CT molecular complexity index is 780. The molecule has 3 aromatic heterocycles. The molecule has 120 valence electrons. The van der Waals surface area contributed by atoms with Crippen LogP contribution in [0.1, 0.15) is 23.6 Å². The molecule has 0 aliphatic heterocycles. The quantitative estimate of drug-likeness (QED) is 0.684. The summed E-state index contributed by atoms with van der Waals surface area (Å²) in [5, 5.41) is 13.2. The van der Waals surface area contributed by atoms with Gasteiger partial charge >= 0.3 is 0 Å². The molecular weight excluding hydrogens is 334 g/mol. The number of hydrogen-bond acceptors (Lipinski definition) is 7. The van der Waals surface area contributed by atoms with Crippen molar-refractivity contribution in [2.75, 3.05) is 5.75 Å². The van der Waals surface area contributed by atoms with Crippen LogP contribution in [-0.4, -0.2) is 21.9 Å². The van der Waals surface area contributed by atoms with E-state index >= 15 is 0 Å². The van der Waals surface area contributed by atoms with Crippen molar-refractivity contribution in [3.63, 3.8) is 0 Å². The maximum Gasteiger partial charge on any atom is 0.277 e. The van der Waals surface area contributed by atoms with E-state index in [4.69, 9.17) is 8.83 Å². The molecule has 0 aromatic carbocycles. The van der Waals surface area contributed by atoms with Gasteiger partial charge in [-0.3, -0.25) is 4.79 Å². The van der Waals surface area contributed by atoms with Gasteiger partial charge in [-0.2, -0.15) is 0 Å². The Morgan fingerprint density at radius 1 is 1.43 bits per heavy atom. The highest BCUT2D eigenvalue weighted by molar-refractivity contribution is 7.99. The van der Waals surface area contributed by atoms with Gasteiger partial charge in [0.15, 0.2) is 0 Å². The minimum Gasteiger partial charge on any atom is -0.469 e. The largest absolute Gasteiger partial charge is 0.469 e. The summed E-state index contributed by atoms with van der Waals surface area (Å²) in [4.78, 5) is 13.1. The molecule has 0 bridgehead atoms. The molecule has 0 saturated heterocycles. The minimum atomic E-state index is -0.0739. The van der Waals surface area contributed by atoms with Gasteiger partial charge in [-0.1, -0.05) is 17.8 Å². The molecule has 1 amide bonds. The van der Waals surface area contributed by atoms with Crippen LogP contribution in [0, 0.1) is 6.92 Å². The van der Waals surface area contributed by atoms with E-state index in [0.29, 0.717) is 16.9 Å². The van der Waals surface area contributed by atoms with Crippen LogP contribution in [-0.2, 0) is 4.79 Å². The van der Waals surface area contributed by atoms with Crippen LogP contribution < -0.4 is 5.32 Å². The van der Waals surface area contributed by atoms with Crippen molar-refractivity contribution in [1.82, 2.24) is 15.5 Å². The lowest BCUT2D eigenvalue weighted by Gasteiger charge is -2.11. The van der Waals surface area contributed by atoms with Gasteiger partial charge in [-0.25, -0.2) is 0 Å². The summed E-state index contributed by atoms with van der Waals surface area (Å²) in [6.45, 7) is 3.78. The molecule has 0 saturated carbocycles. The van der Waals surface area contributed by atoms with E-state index in [2.05, 4.69) is 15.5 Å².